The third kappa shape index (κ3) is 4.24. The van der Waals surface area contributed by atoms with Gasteiger partial charge in [0.25, 0.3) is 0 Å². The first kappa shape index (κ1) is 19.6. The van der Waals surface area contributed by atoms with Gasteiger partial charge in [0.1, 0.15) is 5.75 Å². The normalized spacial score (nSPS) is 21.7. The molecule has 2 amide bonds. The minimum atomic E-state index is -3.64. The fraction of sp³-hybridized carbons (Fsp3) is 0.556. The van der Waals surface area contributed by atoms with Gasteiger partial charge in [-0.3, -0.25) is 9.59 Å². The molecule has 27 heavy (non-hydrogen) atoms. The summed E-state index contributed by atoms with van der Waals surface area (Å²) in [6.07, 6.45) is 2.13. The van der Waals surface area contributed by atoms with Crippen molar-refractivity contribution < 1.29 is 22.7 Å². The molecule has 2 fully saturated rings. The number of hydrogen-bond donors (Lipinski definition) is 0. The Morgan fingerprint density at radius 1 is 1.11 bits per heavy atom. The van der Waals surface area contributed by atoms with E-state index in [4.69, 9.17) is 4.74 Å². The molecule has 1 aromatic rings. The molecule has 0 radical (unpaired) electrons. The number of carbonyl (C=O) groups excluding carboxylic acids is 2. The number of piperazine rings is 1. The van der Waals surface area contributed by atoms with Crippen LogP contribution in [-0.2, 0) is 19.6 Å². The monoisotopic (exact) mass is 395 g/mol. The Hall–Kier alpha value is -2.13. The summed E-state index contributed by atoms with van der Waals surface area (Å²) in [7, 11) is -2.12. The van der Waals surface area contributed by atoms with Crippen molar-refractivity contribution in [3.8, 4) is 5.75 Å². The Kier molecular flexibility index (Phi) is 6.01. The van der Waals surface area contributed by atoms with E-state index in [1.807, 2.05) is 0 Å². The number of rotatable bonds is 5. The largest absolute Gasteiger partial charge is 0.497 e. The number of methoxy groups -OCH3 is 1. The van der Waals surface area contributed by atoms with Crippen LogP contribution >= 0.6 is 0 Å². The first-order valence-electron chi connectivity index (χ1n) is 9.08. The summed E-state index contributed by atoms with van der Waals surface area (Å²) in [6, 6.07) is 6.29. The first-order chi connectivity index (χ1) is 13.0. The van der Waals surface area contributed by atoms with E-state index in [1.165, 1.54) is 23.5 Å². The lowest BCUT2D eigenvalue weighted by atomic mass is 9.98. The maximum Gasteiger partial charge on any atom is 0.243 e. The van der Waals surface area contributed by atoms with Gasteiger partial charge in [-0.25, -0.2) is 8.42 Å². The van der Waals surface area contributed by atoms with Gasteiger partial charge < -0.3 is 14.5 Å². The predicted octanol–water partition coefficient (Wildman–Crippen LogP) is 0.397. The fourth-order valence-corrected chi connectivity index (χ4v) is 5.09. The number of nitrogens with zero attached hydrogens (tertiary/aromatic N) is 3. The second-order valence-electron chi connectivity index (χ2n) is 6.84. The van der Waals surface area contributed by atoms with Gasteiger partial charge in [-0.1, -0.05) is 0 Å². The van der Waals surface area contributed by atoms with E-state index >= 15 is 0 Å². The van der Waals surface area contributed by atoms with E-state index in [9.17, 15) is 18.0 Å². The van der Waals surface area contributed by atoms with Crippen molar-refractivity contribution in [3.05, 3.63) is 24.3 Å². The van der Waals surface area contributed by atoms with Crippen molar-refractivity contribution in [2.45, 2.75) is 17.7 Å². The standard InChI is InChI=1S/C18H25N3O5S/c1-26-16-4-6-17(7-5-16)27(24,25)21-8-2-3-15(13-21)18(23)20-11-9-19(14-22)10-12-20/h4-7,14-15H,2-3,8-13H2,1H3/t15-/m0/s1. The minimum absolute atomic E-state index is 0.0184. The van der Waals surface area contributed by atoms with Gasteiger partial charge in [0.15, 0.2) is 0 Å². The summed E-state index contributed by atoms with van der Waals surface area (Å²) in [6.45, 7) is 2.66. The van der Waals surface area contributed by atoms with Gasteiger partial charge in [0.05, 0.1) is 17.9 Å². The fourth-order valence-electron chi connectivity index (χ4n) is 3.56. The summed E-state index contributed by atoms with van der Waals surface area (Å²) in [5, 5.41) is 0. The molecule has 1 atom stereocenters. The highest BCUT2D eigenvalue weighted by Crippen LogP contribution is 2.26. The van der Waals surface area contributed by atoms with E-state index in [-0.39, 0.29) is 23.3 Å². The lowest BCUT2D eigenvalue weighted by Gasteiger charge is -2.37. The molecule has 0 aromatic heterocycles. The highest BCUT2D eigenvalue weighted by molar-refractivity contribution is 7.89. The van der Waals surface area contributed by atoms with Crippen LogP contribution in [0.3, 0.4) is 0 Å². The number of hydrogen-bond acceptors (Lipinski definition) is 5. The molecule has 2 aliphatic rings. The van der Waals surface area contributed by atoms with E-state index < -0.39 is 10.0 Å². The summed E-state index contributed by atoms with van der Waals surface area (Å²) in [5.41, 5.74) is 0. The summed E-state index contributed by atoms with van der Waals surface area (Å²) in [5.74, 6) is 0.236. The Morgan fingerprint density at radius 2 is 1.78 bits per heavy atom. The van der Waals surface area contributed by atoms with Crippen LogP contribution in [0.4, 0.5) is 0 Å². The highest BCUT2D eigenvalue weighted by Gasteiger charge is 2.35. The quantitative estimate of drug-likeness (QED) is 0.674. The molecule has 0 bridgehead atoms. The molecule has 148 valence electrons. The average Bonchev–Trinajstić information content (AvgIpc) is 2.73. The molecule has 0 saturated carbocycles. The van der Waals surface area contributed by atoms with Crippen molar-refractivity contribution in [1.29, 1.82) is 0 Å². The van der Waals surface area contributed by atoms with Gasteiger partial charge in [-0.2, -0.15) is 4.31 Å². The maximum atomic E-state index is 12.9. The molecule has 2 heterocycles. The zero-order valence-corrected chi connectivity index (χ0v) is 16.2. The summed E-state index contributed by atoms with van der Waals surface area (Å²) >= 11 is 0. The van der Waals surface area contributed by atoms with Crippen LogP contribution in [0.15, 0.2) is 29.2 Å². The Morgan fingerprint density at radius 3 is 2.37 bits per heavy atom. The van der Waals surface area contributed by atoms with Crippen molar-refractivity contribution >= 4 is 22.3 Å². The predicted molar refractivity (Wildman–Crippen MR) is 98.7 cm³/mol. The van der Waals surface area contributed by atoms with Crippen LogP contribution in [0, 0.1) is 5.92 Å². The van der Waals surface area contributed by atoms with Gasteiger partial charge in [-0.15, -0.1) is 0 Å². The average molecular weight is 395 g/mol. The van der Waals surface area contributed by atoms with Gasteiger partial charge in [-0.05, 0) is 37.1 Å². The number of benzene rings is 1. The van der Waals surface area contributed by atoms with Crippen LogP contribution in [-0.4, -0.2) is 81.2 Å². The molecule has 0 spiro atoms. The van der Waals surface area contributed by atoms with Crippen molar-refractivity contribution in [3.63, 3.8) is 0 Å². The van der Waals surface area contributed by atoms with E-state index in [2.05, 4.69) is 0 Å². The lowest BCUT2D eigenvalue weighted by Crippen LogP contribution is -2.52. The molecular formula is C18H25N3O5S. The van der Waals surface area contributed by atoms with Crippen LogP contribution in [0.2, 0.25) is 0 Å². The zero-order valence-electron chi connectivity index (χ0n) is 15.4. The lowest BCUT2D eigenvalue weighted by molar-refractivity contribution is -0.140. The molecule has 3 rings (SSSR count). The SMILES string of the molecule is COc1ccc(S(=O)(=O)N2CCC[C@H](C(=O)N3CCN(C=O)CC3)C2)cc1. The number of sulfonamides is 1. The van der Waals surface area contributed by atoms with Crippen LogP contribution in [0.5, 0.6) is 5.75 Å². The first-order valence-corrected chi connectivity index (χ1v) is 10.5. The Labute approximate surface area is 159 Å². The Bertz CT molecular complexity index is 773. The number of piperidine rings is 1. The number of ether oxygens (including phenoxy) is 1. The van der Waals surface area contributed by atoms with Crippen LogP contribution < -0.4 is 4.74 Å². The Balaban J connectivity index is 1.67. The molecule has 0 aliphatic carbocycles. The van der Waals surface area contributed by atoms with Crippen molar-refractivity contribution in [2.75, 3.05) is 46.4 Å². The molecule has 1 aromatic carbocycles. The van der Waals surface area contributed by atoms with Crippen molar-refractivity contribution in [2.24, 2.45) is 5.92 Å². The molecule has 2 saturated heterocycles. The molecule has 9 heteroatoms. The molecule has 0 unspecified atom stereocenters. The maximum absolute atomic E-state index is 12.9. The van der Waals surface area contributed by atoms with Gasteiger partial charge in [0, 0.05) is 39.3 Å². The number of carbonyl (C=O) groups is 2. The van der Waals surface area contributed by atoms with E-state index in [1.54, 1.807) is 21.9 Å². The van der Waals surface area contributed by atoms with E-state index in [0.717, 1.165) is 6.41 Å². The van der Waals surface area contributed by atoms with Gasteiger partial charge >= 0.3 is 0 Å². The van der Waals surface area contributed by atoms with Crippen LogP contribution in [0.25, 0.3) is 0 Å². The molecule has 8 nitrogen and oxygen atoms in total. The second-order valence-corrected chi connectivity index (χ2v) is 8.78. The van der Waals surface area contributed by atoms with Crippen molar-refractivity contribution in [1.82, 2.24) is 14.1 Å². The third-order valence-corrected chi connectivity index (χ3v) is 7.08. The molecular weight excluding hydrogens is 370 g/mol. The molecule has 2 aliphatic heterocycles. The van der Waals surface area contributed by atoms with Gasteiger partial charge in [0.2, 0.25) is 22.3 Å². The molecule has 0 N–H and O–H groups in total. The third-order valence-electron chi connectivity index (χ3n) is 5.21. The number of amides is 2. The topological polar surface area (TPSA) is 87.2 Å². The summed E-state index contributed by atoms with van der Waals surface area (Å²) < 4.78 is 32.3. The zero-order chi connectivity index (χ0) is 19.4. The smallest absolute Gasteiger partial charge is 0.243 e. The second kappa shape index (κ2) is 8.26. The summed E-state index contributed by atoms with van der Waals surface area (Å²) in [4.78, 5) is 27.2. The highest BCUT2D eigenvalue weighted by atomic mass is 32.2. The van der Waals surface area contributed by atoms with Crippen LogP contribution in [0.1, 0.15) is 12.8 Å². The van der Waals surface area contributed by atoms with E-state index in [0.29, 0.717) is 51.3 Å². The minimum Gasteiger partial charge on any atom is -0.497 e.